The first-order valence-corrected chi connectivity index (χ1v) is 12.2. The van der Waals surface area contributed by atoms with Crippen LogP contribution in [0, 0.1) is 0 Å². The molecular weight excluding hydrogens is 460 g/mol. The van der Waals surface area contributed by atoms with Gasteiger partial charge in [-0.05, 0) is 52.9 Å². The van der Waals surface area contributed by atoms with Crippen LogP contribution in [0.2, 0.25) is 0 Å². The largest absolute Gasteiger partial charge is 0.310 e. The number of hydrogen-bond acceptors (Lipinski definition) is 4. The Balaban J connectivity index is 1.26. The summed E-state index contributed by atoms with van der Waals surface area (Å²) in [6.45, 7) is 0. The van der Waals surface area contributed by atoms with Crippen LogP contribution in [0.3, 0.4) is 0 Å². The van der Waals surface area contributed by atoms with Crippen molar-refractivity contribution in [1.29, 1.82) is 0 Å². The molecule has 0 saturated carbocycles. The van der Waals surface area contributed by atoms with Crippen molar-refractivity contribution >= 4 is 21.8 Å². The van der Waals surface area contributed by atoms with Gasteiger partial charge in [0.1, 0.15) is 11.6 Å². The number of aromatic amines is 2. The minimum atomic E-state index is -0.150. The second-order valence-corrected chi connectivity index (χ2v) is 9.23. The van der Waals surface area contributed by atoms with E-state index in [2.05, 4.69) is 19.9 Å². The number of benzene rings is 4. The molecule has 6 aromatic rings. The molecule has 2 aromatic heterocycles. The zero-order valence-corrected chi connectivity index (χ0v) is 20.1. The monoisotopic (exact) mass is 484 g/mol. The lowest BCUT2D eigenvalue weighted by Gasteiger charge is -2.08. The van der Waals surface area contributed by atoms with E-state index in [0.717, 1.165) is 22.3 Å². The Hall–Kier alpha value is -4.84. The van der Waals surface area contributed by atoms with Crippen molar-refractivity contribution in [3.63, 3.8) is 0 Å². The van der Waals surface area contributed by atoms with Crippen molar-refractivity contribution in [2.75, 3.05) is 0 Å². The summed E-state index contributed by atoms with van der Waals surface area (Å²) in [5, 5.41) is 1.11. The predicted octanol–water partition coefficient (Wildman–Crippen LogP) is 4.93. The smallest absolute Gasteiger partial charge is 0.258 e. The number of fused-ring (bicyclic) bond motifs is 2. The first-order chi connectivity index (χ1) is 18.1. The van der Waals surface area contributed by atoms with Gasteiger partial charge in [-0.2, -0.15) is 0 Å². The molecule has 0 fully saturated rings. The van der Waals surface area contributed by atoms with Gasteiger partial charge in [0.25, 0.3) is 11.1 Å². The fourth-order valence-electron chi connectivity index (χ4n) is 4.67. The molecule has 0 aliphatic carbocycles. The topological polar surface area (TPSA) is 91.5 Å². The summed E-state index contributed by atoms with van der Waals surface area (Å²) < 4.78 is 0. The molecule has 0 unspecified atom stereocenters. The Morgan fingerprint density at radius 3 is 1.35 bits per heavy atom. The summed E-state index contributed by atoms with van der Waals surface area (Å²) in [5.74, 6) is 1.29. The minimum Gasteiger partial charge on any atom is -0.310 e. The average molecular weight is 485 g/mol. The van der Waals surface area contributed by atoms with E-state index in [1.54, 1.807) is 0 Å². The van der Waals surface area contributed by atoms with Gasteiger partial charge < -0.3 is 9.97 Å². The lowest BCUT2D eigenvalue weighted by atomic mass is 10.0. The van der Waals surface area contributed by atoms with Gasteiger partial charge in [-0.25, -0.2) is 9.97 Å². The van der Waals surface area contributed by atoms with Gasteiger partial charge in [-0.1, -0.05) is 72.8 Å². The number of nitrogens with zero attached hydrogens (tertiary/aromatic N) is 2. The van der Waals surface area contributed by atoms with Crippen LogP contribution in [0.15, 0.2) is 107 Å². The van der Waals surface area contributed by atoms with Crippen molar-refractivity contribution < 1.29 is 0 Å². The summed E-state index contributed by atoms with van der Waals surface area (Å²) in [6.07, 6.45) is 1.73. The summed E-state index contributed by atoms with van der Waals surface area (Å²) >= 11 is 0. The summed E-state index contributed by atoms with van der Waals surface area (Å²) in [4.78, 5) is 40.8. The zero-order valence-electron chi connectivity index (χ0n) is 20.1. The number of hydrogen-bond donors (Lipinski definition) is 2. The van der Waals surface area contributed by atoms with E-state index in [1.165, 1.54) is 0 Å². The van der Waals surface area contributed by atoms with Gasteiger partial charge >= 0.3 is 0 Å². The molecule has 6 rings (SSSR count). The van der Waals surface area contributed by atoms with E-state index in [9.17, 15) is 9.59 Å². The quantitative estimate of drug-likeness (QED) is 0.351. The summed E-state index contributed by atoms with van der Waals surface area (Å²) in [6, 6.07) is 31.4. The van der Waals surface area contributed by atoms with Crippen LogP contribution in [0.1, 0.15) is 33.9 Å². The second-order valence-electron chi connectivity index (χ2n) is 9.23. The van der Waals surface area contributed by atoms with Gasteiger partial charge in [0.15, 0.2) is 0 Å². The molecular formula is C31H24N4O2. The third-order valence-corrected chi connectivity index (χ3v) is 6.47. The van der Waals surface area contributed by atoms with E-state index in [1.807, 2.05) is 97.1 Å². The Labute approximate surface area is 212 Å². The third kappa shape index (κ3) is 4.95. The fraction of sp³-hybridized carbons (Fsp3) is 0.0968. The molecule has 0 aliphatic rings. The van der Waals surface area contributed by atoms with Gasteiger partial charge in [-0.3, -0.25) is 9.59 Å². The van der Waals surface area contributed by atoms with E-state index >= 15 is 0 Å². The van der Waals surface area contributed by atoms with Crippen molar-refractivity contribution in [3.05, 3.63) is 152 Å². The van der Waals surface area contributed by atoms with Crippen LogP contribution in [0.4, 0.5) is 0 Å². The Bertz CT molecular complexity index is 1700. The maximum Gasteiger partial charge on any atom is 0.258 e. The molecule has 0 saturated heterocycles. The molecule has 37 heavy (non-hydrogen) atoms. The minimum absolute atomic E-state index is 0.150. The standard InChI is InChI=1S/C31H24N4O2/c36-30-24-16-22(11-13-26(24)32-28(34-30)18-20-7-3-1-4-8-20)15-23-12-14-27-25(17-23)31(37)35-29(33-27)19-21-9-5-2-6-10-21/h1-14,16-17H,15,18-19H2,(H,32,34,36)(H,33,35,37). The van der Waals surface area contributed by atoms with Crippen molar-refractivity contribution in [2.45, 2.75) is 19.3 Å². The van der Waals surface area contributed by atoms with Gasteiger partial charge in [0, 0.05) is 12.8 Å². The normalized spacial score (nSPS) is 11.2. The molecule has 180 valence electrons. The predicted molar refractivity (Wildman–Crippen MR) is 146 cm³/mol. The van der Waals surface area contributed by atoms with Crippen molar-refractivity contribution in [2.24, 2.45) is 0 Å². The zero-order chi connectivity index (χ0) is 25.2. The number of rotatable bonds is 6. The first kappa shape index (κ1) is 22.6. The number of H-pyrrole nitrogens is 2. The highest BCUT2D eigenvalue weighted by Crippen LogP contribution is 2.18. The average Bonchev–Trinajstić information content (AvgIpc) is 2.91. The summed E-state index contributed by atoms with van der Waals surface area (Å²) in [5.41, 5.74) is 5.17. The fourth-order valence-corrected chi connectivity index (χ4v) is 4.67. The molecule has 4 aromatic carbocycles. The third-order valence-electron chi connectivity index (χ3n) is 6.47. The Kier molecular flexibility index (Phi) is 5.91. The molecule has 0 aliphatic heterocycles. The van der Waals surface area contributed by atoms with E-state index in [-0.39, 0.29) is 11.1 Å². The van der Waals surface area contributed by atoms with Crippen molar-refractivity contribution in [1.82, 2.24) is 19.9 Å². The van der Waals surface area contributed by atoms with Crippen LogP contribution in [0.5, 0.6) is 0 Å². The first-order valence-electron chi connectivity index (χ1n) is 12.2. The highest BCUT2D eigenvalue weighted by molar-refractivity contribution is 5.80. The highest BCUT2D eigenvalue weighted by atomic mass is 16.1. The van der Waals surface area contributed by atoms with E-state index < -0.39 is 0 Å². The molecule has 2 heterocycles. The van der Waals surface area contributed by atoms with E-state index in [0.29, 0.717) is 52.7 Å². The molecule has 0 radical (unpaired) electrons. The Morgan fingerprint density at radius 1 is 0.486 bits per heavy atom. The highest BCUT2D eigenvalue weighted by Gasteiger charge is 2.09. The lowest BCUT2D eigenvalue weighted by molar-refractivity contribution is 0.971. The van der Waals surface area contributed by atoms with Crippen LogP contribution in [-0.4, -0.2) is 19.9 Å². The molecule has 6 nitrogen and oxygen atoms in total. The number of aromatic nitrogens is 4. The number of nitrogens with one attached hydrogen (secondary N) is 2. The van der Waals surface area contributed by atoms with Gasteiger partial charge in [-0.15, -0.1) is 0 Å². The van der Waals surface area contributed by atoms with Crippen LogP contribution in [-0.2, 0) is 19.3 Å². The molecule has 6 heteroatoms. The van der Waals surface area contributed by atoms with Crippen LogP contribution >= 0.6 is 0 Å². The van der Waals surface area contributed by atoms with Crippen molar-refractivity contribution in [3.8, 4) is 0 Å². The molecule has 2 N–H and O–H groups in total. The maximum absolute atomic E-state index is 12.8. The molecule has 0 atom stereocenters. The Morgan fingerprint density at radius 2 is 0.919 bits per heavy atom. The maximum atomic E-state index is 12.8. The van der Waals surface area contributed by atoms with Crippen LogP contribution < -0.4 is 11.1 Å². The van der Waals surface area contributed by atoms with Gasteiger partial charge in [0.2, 0.25) is 0 Å². The molecule has 0 amide bonds. The van der Waals surface area contributed by atoms with E-state index in [4.69, 9.17) is 0 Å². The lowest BCUT2D eigenvalue weighted by Crippen LogP contribution is -2.13. The van der Waals surface area contributed by atoms with Crippen LogP contribution in [0.25, 0.3) is 21.8 Å². The molecule has 0 spiro atoms. The SMILES string of the molecule is O=c1[nH]c(Cc2ccccc2)nc2ccc(Cc3ccc4nc(Cc5ccccc5)[nH]c(=O)c4c3)cc12. The summed E-state index contributed by atoms with van der Waals surface area (Å²) in [7, 11) is 0. The van der Waals surface area contributed by atoms with Gasteiger partial charge in [0.05, 0.1) is 21.8 Å². The molecule has 0 bridgehead atoms. The second kappa shape index (κ2) is 9.66.